The maximum Gasteiger partial charge on any atom is 0.223 e. The summed E-state index contributed by atoms with van der Waals surface area (Å²) in [6.07, 6.45) is 4.86. The molecule has 3 aromatic rings. The van der Waals surface area contributed by atoms with E-state index in [0.29, 0.717) is 12.3 Å². The lowest BCUT2D eigenvalue weighted by molar-refractivity contribution is -0.131. The number of anilines is 1. The lowest BCUT2D eigenvalue weighted by atomic mass is 9.80. The summed E-state index contributed by atoms with van der Waals surface area (Å²) in [6.45, 7) is 3.29. The molecule has 1 saturated heterocycles. The second-order valence-electron chi connectivity index (χ2n) is 8.66. The Morgan fingerprint density at radius 2 is 2.03 bits per heavy atom. The number of hydrogen-bond donors (Lipinski definition) is 1. The highest BCUT2D eigenvalue weighted by molar-refractivity contribution is 5.78. The smallest absolute Gasteiger partial charge is 0.223 e. The number of aromatic nitrogens is 2. The molecule has 1 N–H and O–H groups in total. The first kappa shape index (κ1) is 19.9. The molecule has 31 heavy (non-hydrogen) atoms. The van der Waals surface area contributed by atoms with Gasteiger partial charge >= 0.3 is 0 Å². The van der Waals surface area contributed by atoms with Crippen molar-refractivity contribution in [1.29, 1.82) is 0 Å². The Kier molecular flexibility index (Phi) is 5.53. The molecule has 6 nitrogen and oxygen atoms in total. The fourth-order valence-corrected chi connectivity index (χ4v) is 5.04. The minimum absolute atomic E-state index is 0.278. The summed E-state index contributed by atoms with van der Waals surface area (Å²) in [6, 6.07) is 14.4. The van der Waals surface area contributed by atoms with E-state index in [0.717, 1.165) is 74.6 Å². The number of benzene rings is 2. The number of imidazole rings is 1. The van der Waals surface area contributed by atoms with Gasteiger partial charge in [0.2, 0.25) is 11.9 Å². The molecule has 2 aromatic carbocycles. The summed E-state index contributed by atoms with van der Waals surface area (Å²) in [4.78, 5) is 25.7. The highest BCUT2D eigenvalue weighted by Crippen LogP contribution is 2.36. The number of para-hydroxylation sites is 2. The fourth-order valence-electron chi connectivity index (χ4n) is 5.04. The van der Waals surface area contributed by atoms with E-state index < -0.39 is 0 Å². The summed E-state index contributed by atoms with van der Waals surface area (Å²) >= 11 is 0. The molecule has 1 aliphatic heterocycles. The number of hydrogen-bond acceptors (Lipinski definition) is 4. The van der Waals surface area contributed by atoms with E-state index in [1.54, 1.807) is 7.11 Å². The molecule has 1 atom stereocenters. The number of carbonyl (C=O) groups excluding carboxylic acids is 1. The van der Waals surface area contributed by atoms with Gasteiger partial charge in [-0.3, -0.25) is 4.79 Å². The molecule has 1 aromatic heterocycles. The van der Waals surface area contributed by atoms with Crippen molar-refractivity contribution in [2.75, 3.05) is 38.2 Å². The van der Waals surface area contributed by atoms with Gasteiger partial charge in [0.25, 0.3) is 0 Å². The Labute approximate surface area is 183 Å². The van der Waals surface area contributed by atoms with Crippen LogP contribution in [0, 0.1) is 0 Å². The van der Waals surface area contributed by atoms with Crippen molar-refractivity contribution >= 4 is 22.9 Å². The predicted molar refractivity (Wildman–Crippen MR) is 123 cm³/mol. The van der Waals surface area contributed by atoms with Gasteiger partial charge in [0.05, 0.1) is 18.1 Å². The third kappa shape index (κ3) is 4.11. The van der Waals surface area contributed by atoms with E-state index in [4.69, 9.17) is 9.72 Å². The Hall–Kier alpha value is -3.02. The number of carbonyl (C=O) groups is 1. The zero-order valence-electron chi connectivity index (χ0n) is 18.1. The Morgan fingerprint density at radius 3 is 2.90 bits per heavy atom. The van der Waals surface area contributed by atoms with Crippen molar-refractivity contribution < 1.29 is 9.53 Å². The monoisotopic (exact) mass is 418 g/mol. The maximum absolute atomic E-state index is 13.2. The molecule has 0 bridgehead atoms. The summed E-state index contributed by atoms with van der Waals surface area (Å²) in [7, 11) is 1.71. The molecule has 0 saturated carbocycles. The average Bonchev–Trinajstić information content (AvgIpc) is 3.08. The first-order chi connectivity index (χ1) is 15.2. The fraction of sp³-hybridized carbons (Fsp3) is 0.440. The largest absolute Gasteiger partial charge is 0.497 e. The third-order valence-corrected chi connectivity index (χ3v) is 6.73. The molecule has 1 unspecified atom stereocenters. The Bertz CT molecular complexity index is 1040. The van der Waals surface area contributed by atoms with E-state index in [1.807, 2.05) is 24.3 Å². The average molecular weight is 419 g/mol. The van der Waals surface area contributed by atoms with Crippen molar-refractivity contribution in [3.8, 4) is 5.75 Å². The van der Waals surface area contributed by atoms with Gasteiger partial charge in [-0.25, -0.2) is 4.98 Å². The summed E-state index contributed by atoms with van der Waals surface area (Å²) in [5.74, 6) is 2.41. The highest BCUT2D eigenvalue weighted by atomic mass is 16.5. The molecule has 2 aliphatic rings. The topological polar surface area (TPSA) is 61.5 Å². The second-order valence-corrected chi connectivity index (χ2v) is 8.66. The lowest BCUT2D eigenvalue weighted by Crippen LogP contribution is -2.36. The van der Waals surface area contributed by atoms with Crippen molar-refractivity contribution in [3.63, 3.8) is 0 Å². The zero-order valence-corrected chi connectivity index (χ0v) is 18.1. The number of fused-ring (bicyclic) bond motifs is 2. The van der Waals surface area contributed by atoms with Crippen LogP contribution in [0.3, 0.4) is 0 Å². The number of aryl methyl sites for hydroxylation is 1. The van der Waals surface area contributed by atoms with Crippen LogP contribution in [-0.4, -0.2) is 54.1 Å². The first-order valence-electron chi connectivity index (χ1n) is 11.4. The number of methoxy groups -OCH3 is 1. The summed E-state index contributed by atoms with van der Waals surface area (Å²) < 4.78 is 5.38. The van der Waals surface area contributed by atoms with E-state index >= 15 is 0 Å². The van der Waals surface area contributed by atoms with E-state index in [2.05, 4.69) is 33.0 Å². The molecule has 1 aliphatic carbocycles. The van der Waals surface area contributed by atoms with Gasteiger partial charge in [0.1, 0.15) is 5.75 Å². The van der Waals surface area contributed by atoms with Crippen LogP contribution < -0.4 is 9.64 Å². The standard InChI is InChI=1S/C25H30N4O2/c1-31-20-10-11-21-18(16-20)6-4-7-19(21)17-24(30)28-12-5-13-29(15-14-28)25-26-22-8-2-3-9-23(22)27-25/h2-3,8-11,16,19H,4-7,12-15,17H2,1H3,(H,26,27). The van der Waals surface area contributed by atoms with E-state index in [1.165, 1.54) is 11.1 Å². The molecule has 0 spiro atoms. The van der Waals surface area contributed by atoms with Gasteiger partial charge in [0, 0.05) is 32.6 Å². The van der Waals surface area contributed by atoms with Crippen molar-refractivity contribution in [2.45, 2.75) is 38.0 Å². The van der Waals surface area contributed by atoms with Crippen LogP contribution >= 0.6 is 0 Å². The maximum atomic E-state index is 13.2. The summed E-state index contributed by atoms with van der Waals surface area (Å²) in [5, 5.41) is 0. The third-order valence-electron chi connectivity index (χ3n) is 6.73. The molecular weight excluding hydrogens is 388 g/mol. The number of nitrogens with zero attached hydrogens (tertiary/aromatic N) is 3. The van der Waals surface area contributed by atoms with Crippen molar-refractivity contribution in [1.82, 2.24) is 14.9 Å². The van der Waals surface area contributed by atoms with Gasteiger partial charge in [-0.15, -0.1) is 0 Å². The van der Waals surface area contributed by atoms with Crippen LogP contribution in [0.1, 0.15) is 42.7 Å². The number of ether oxygens (including phenoxy) is 1. The number of nitrogens with one attached hydrogen (secondary N) is 1. The van der Waals surface area contributed by atoms with Gasteiger partial charge in [-0.05, 0) is 67.0 Å². The van der Waals surface area contributed by atoms with E-state index in [9.17, 15) is 4.79 Å². The van der Waals surface area contributed by atoms with Gasteiger partial charge in [0.15, 0.2) is 0 Å². The van der Waals surface area contributed by atoms with Gasteiger partial charge in [-0.2, -0.15) is 0 Å². The molecule has 1 fully saturated rings. The number of H-pyrrole nitrogens is 1. The lowest BCUT2D eigenvalue weighted by Gasteiger charge is -2.28. The molecule has 0 radical (unpaired) electrons. The van der Waals surface area contributed by atoms with Crippen LogP contribution in [0.15, 0.2) is 42.5 Å². The summed E-state index contributed by atoms with van der Waals surface area (Å²) in [5.41, 5.74) is 4.72. The molecular formula is C25H30N4O2. The van der Waals surface area contributed by atoms with Crippen LogP contribution in [0.4, 0.5) is 5.95 Å². The minimum atomic E-state index is 0.278. The number of aromatic amines is 1. The Balaban J connectivity index is 1.24. The van der Waals surface area contributed by atoms with Crippen molar-refractivity contribution in [2.24, 2.45) is 0 Å². The number of rotatable bonds is 4. The predicted octanol–water partition coefficient (Wildman–Crippen LogP) is 4.12. The van der Waals surface area contributed by atoms with Crippen molar-refractivity contribution in [3.05, 3.63) is 53.6 Å². The second kappa shape index (κ2) is 8.61. The molecule has 1 amide bonds. The van der Waals surface area contributed by atoms with Crippen LogP contribution in [-0.2, 0) is 11.2 Å². The quantitative estimate of drug-likeness (QED) is 0.692. The Morgan fingerprint density at radius 1 is 1.13 bits per heavy atom. The van der Waals surface area contributed by atoms with Gasteiger partial charge in [-0.1, -0.05) is 18.2 Å². The van der Waals surface area contributed by atoms with Gasteiger partial charge < -0.3 is 19.5 Å². The number of amides is 1. The molecule has 5 rings (SSSR count). The molecule has 162 valence electrons. The SMILES string of the molecule is COc1ccc2c(c1)CCCC2CC(=O)N1CCCN(c2nc3ccccc3[nH]2)CC1. The van der Waals surface area contributed by atoms with E-state index in [-0.39, 0.29) is 5.91 Å². The van der Waals surface area contributed by atoms with Crippen LogP contribution in [0.25, 0.3) is 11.0 Å². The molecule has 6 heteroatoms. The van der Waals surface area contributed by atoms with Crippen LogP contribution in [0.5, 0.6) is 5.75 Å². The molecule has 2 heterocycles. The van der Waals surface area contributed by atoms with Crippen LogP contribution in [0.2, 0.25) is 0 Å². The minimum Gasteiger partial charge on any atom is -0.497 e. The normalized spacial score (nSPS) is 19.2. The first-order valence-corrected chi connectivity index (χ1v) is 11.4. The zero-order chi connectivity index (χ0) is 21.2. The highest BCUT2D eigenvalue weighted by Gasteiger charge is 2.27.